The number of nitrogens with zero attached hydrogens (tertiary/aromatic N) is 2. The van der Waals surface area contributed by atoms with E-state index >= 15 is 0 Å². The van der Waals surface area contributed by atoms with Crippen LogP contribution in [-0.2, 0) is 4.79 Å². The van der Waals surface area contributed by atoms with Crippen LogP contribution in [0.3, 0.4) is 0 Å². The van der Waals surface area contributed by atoms with Gasteiger partial charge in [0.05, 0.1) is 11.7 Å². The first-order valence-electron chi connectivity index (χ1n) is 6.86. The Kier molecular flexibility index (Phi) is 4.50. The molecule has 1 aromatic heterocycles. The van der Waals surface area contributed by atoms with Gasteiger partial charge in [0.25, 0.3) is 0 Å². The van der Waals surface area contributed by atoms with Crippen molar-refractivity contribution in [2.45, 2.75) is 33.1 Å². The average Bonchev–Trinajstić information content (AvgIpc) is 2.85. The molecule has 0 aliphatic heterocycles. The summed E-state index contributed by atoms with van der Waals surface area (Å²) >= 11 is 0. The summed E-state index contributed by atoms with van der Waals surface area (Å²) in [6, 6.07) is 5.81. The third-order valence-electron chi connectivity index (χ3n) is 3.10. The minimum atomic E-state index is -0.157. The molecule has 2 aromatic rings. The summed E-state index contributed by atoms with van der Waals surface area (Å²) in [4.78, 5) is 23.6. The van der Waals surface area contributed by atoms with Gasteiger partial charge in [0.1, 0.15) is 0 Å². The standard InChI is InChI=1S/C15H19N3O2/c1-3-8-16-14(19)6-7-15(20)18-13-5-4-11(2)9-12(13)10-17-18/h4-5,9-10H,3,6-8H2,1-2H3,(H,16,19). The van der Waals surface area contributed by atoms with Crippen LogP contribution in [0, 0.1) is 6.92 Å². The Morgan fingerprint density at radius 1 is 1.30 bits per heavy atom. The van der Waals surface area contributed by atoms with Gasteiger partial charge in [0.2, 0.25) is 11.8 Å². The van der Waals surface area contributed by atoms with Gasteiger partial charge in [-0.15, -0.1) is 0 Å². The molecule has 2 rings (SSSR count). The minimum Gasteiger partial charge on any atom is -0.356 e. The number of carbonyl (C=O) groups is 2. The quantitative estimate of drug-likeness (QED) is 0.909. The third-order valence-corrected chi connectivity index (χ3v) is 3.10. The van der Waals surface area contributed by atoms with Crippen LogP contribution >= 0.6 is 0 Å². The SMILES string of the molecule is CCCNC(=O)CCC(=O)n1ncc2cc(C)ccc21. The number of nitrogens with one attached hydrogen (secondary N) is 1. The zero-order valence-corrected chi connectivity index (χ0v) is 11.8. The maximum absolute atomic E-state index is 12.1. The van der Waals surface area contributed by atoms with Gasteiger partial charge in [0.15, 0.2) is 0 Å². The molecule has 0 bridgehead atoms. The summed E-state index contributed by atoms with van der Waals surface area (Å²) < 4.78 is 1.38. The number of amides is 1. The van der Waals surface area contributed by atoms with Gasteiger partial charge < -0.3 is 5.32 Å². The fourth-order valence-electron chi connectivity index (χ4n) is 2.03. The second-order valence-corrected chi connectivity index (χ2v) is 4.86. The largest absolute Gasteiger partial charge is 0.356 e. The van der Waals surface area contributed by atoms with Crippen LogP contribution in [0.25, 0.3) is 10.9 Å². The lowest BCUT2D eigenvalue weighted by Crippen LogP contribution is -2.25. The van der Waals surface area contributed by atoms with E-state index in [0.29, 0.717) is 6.54 Å². The molecule has 0 fully saturated rings. The summed E-state index contributed by atoms with van der Waals surface area (Å²) in [7, 11) is 0. The number of benzene rings is 1. The number of hydrogen-bond acceptors (Lipinski definition) is 3. The van der Waals surface area contributed by atoms with E-state index < -0.39 is 0 Å². The molecule has 0 radical (unpaired) electrons. The molecule has 1 aromatic carbocycles. The zero-order valence-electron chi connectivity index (χ0n) is 11.8. The fourth-order valence-corrected chi connectivity index (χ4v) is 2.03. The van der Waals surface area contributed by atoms with Crippen LogP contribution in [0.4, 0.5) is 0 Å². The molecule has 0 atom stereocenters. The van der Waals surface area contributed by atoms with Crippen molar-refractivity contribution in [1.29, 1.82) is 0 Å². The van der Waals surface area contributed by atoms with E-state index in [1.807, 2.05) is 32.0 Å². The van der Waals surface area contributed by atoms with Crippen LogP contribution in [0.15, 0.2) is 24.4 Å². The molecule has 5 heteroatoms. The molecular formula is C15H19N3O2. The Hall–Kier alpha value is -2.17. The van der Waals surface area contributed by atoms with Crippen LogP contribution < -0.4 is 5.32 Å². The van der Waals surface area contributed by atoms with E-state index in [1.54, 1.807) is 6.20 Å². The van der Waals surface area contributed by atoms with Gasteiger partial charge in [-0.25, -0.2) is 4.68 Å². The zero-order chi connectivity index (χ0) is 14.5. The molecule has 0 spiro atoms. The smallest absolute Gasteiger partial charge is 0.247 e. The van der Waals surface area contributed by atoms with Crippen molar-refractivity contribution in [3.05, 3.63) is 30.0 Å². The first kappa shape index (κ1) is 14.2. The van der Waals surface area contributed by atoms with Crippen LogP contribution in [-0.4, -0.2) is 28.1 Å². The van der Waals surface area contributed by atoms with Crippen molar-refractivity contribution in [2.24, 2.45) is 0 Å². The predicted molar refractivity (Wildman–Crippen MR) is 77.6 cm³/mol. The Morgan fingerprint density at radius 2 is 2.10 bits per heavy atom. The number of hydrogen-bond donors (Lipinski definition) is 1. The van der Waals surface area contributed by atoms with Gasteiger partial charge in [-0.3, -0.25) is 9.59 Å². The van der Waals surface area contributed by atoms with Crippen LogP contribution in [0.2, 0.25) is 0 Å². The lowest BCUT2D eigenvalue weighted by Gasteiger charge is -2.04. The van der Waals surface area contributed by atoms with Crippen molar-refractivity contribution in [1.82, 2.24) is 15.1 Å². The molecule has 106 valence electrons. The van der Waals surface area contributed by atoms with E-state index in [2.05, 4.69) is 10.4 Å². The molecule has 0 unspecified atom stereocenters. The molecular weight excluding hydrogens is 254 g/mol. The lowest BCUT2D eigenvalue weighted by molar-refractivity contribution is -0.121. The second kappa shape index (κ2) is 6.32. The van der Waals surface area contributed by atoms with Gasteiger partial charge in [-0.2, -0.15) is 5.10 Å². The Bertz CT molecular complexity index is 631. The van der Waals surface area contributed by atoms with Gasteiger partial charge in [-0.05, 0) is 25.5 Å². The molecule has 20 heavy (non-hydrogen) atoms. The van der Waals surface area contributed by atoms with Crippen molar-refractivity contribution < 1.29 is 9.59 Å². The Balaban J connectivity index is 2.03. The third kappa shape index (κ3) is 3.23. The number of aryl methyl sites for hydroxylation is 1. The molecule has 0 aliphatic carbocycles. The molecule has 1 heterocycles. The summed E-state index contributed by atoms with van der Waals surface area (Å²) in [6.45, 7) is 4.64. The normalized spacial score (nSPS) is 10.7. The van der Waals surface area contributed by atoms with Gasteiger partial charge >= 0.3 is 0 Å². The van der Waals surface area contributed by atoms with Crippen molar-refractivity contribution in [3.63, 3.8) is 0 Å². The van der Waals surface area contributed by atoms with Crippen molar-refractivity contribution in [2.75, 3.05) is 6.54 Å². The predicted octanol–water partition coefficient (Wildman–Crippen LogP) is 2.29. The molecule has 5 nitrogen and oxygen atoms in total. The van der Waals surface area contributed by atoms with E-state index in [9.17, 15) is 9.59 Å². The second-order valence-electron chi connectivity index (χ2n) is 4.86. The highest BCUT2D eigenvalue weighted by molar-refractivity contribution is 5.92. The Labute approximate surface area is 118 Å². The fraction of sp³-hybridized carbons (Fsp3) is 0.400. The van der Waals surface area contributed by atoms with Gasteiger partial charge in [-0.1, -0.05) is 18.6 Å². The molecule has 1 amide bonds. The van der Waals surface area contributed by atoms with Crippen molar-refractivity contribution in [3.8, 4) is 0 Å². The first-order chi connectivity index (χ1) is 9.61. The highest BCUT2D eigenvalue weighted by Crippen LogP contribution is 2.15. The van der Waals surface area contributed by atoms with E-state index in [1.165, 1.54) is 4.68 Å². The summed E-state index contributed by atoms with van der Waals surface area (Å²) in [5.74, 6) is -0.247. The van der Waals surface area contributed by atoms with Gasteiger partial charge in [0, 0.05) is 24.8 Å². The molecule has 0 saturated carbocycles. The minimum absolute atomic E-state index is 0.0903. The maximum Gasteiger partial charge on any atom is 0.247 e. The number of rotatable bonds is 5. The average molecular weight is 273 g/mol. The summed E-state index contributed by atoms with van der Waals surface area (Å²) in [5.41, 5.74) is 1.91. The monoisotopic (exact) mass is 273 g/mol. The van der Waals surface area contributed by atoms with Crippen LogP contribution in [0.1, 0.15) is 36.5 Å². The van der Waals surface area contributed by atoms with E-state index in [4.69, 9.17) is 0 Å². The maximum atomic E-state index is 12.1. The van der Waals surface area contributed by atoms with E-state index in [-0.39, 0.29) is 24.7 Å². The van der Waals surface area contributed by atoms with Crippen molar-refractivity contribution >= 4 is 22.7 Å². The topological polar surface area (TPSA) is 64.0 Å². The summed E-state index contributed by atoms with van der Waals surface area (Å²) in [6.07, 6.45) is 2.94. The summed E-state index contributed by atoms with van der Waals surface area (Å²) in [5, 5.41) is 7.81. The molecule has 1 N–H and O–H groups in total. The Morgan fingerprint density at radius 3 is 2.85 bits per heavy atom. The number of carbonyl (C=O) groups excluding carboxylic acids is 2. The highest BCUT2D eigenvalue weighted by atomic mass is 16.2. The first-order valence-corrected chi connectivity index (χ1v) is 6.86. The number of fused-ring (bicyclic) bond motifs is 1. The molecule has 0 saturated heterocycles. The van der Waals surface area contributed by atoms with Crippen LogP contribution in [0.5, 0.6) is 0 Å². The molecule has 0 aliphatic rings. The number of aromatic nitrogens is 2. The lowest BCUT2D eigenvalue weighted by atomic mass is 10.2. The highest BCUT2D eigenvalue weighted by Gasteiger charge is 2.12. The van der Waals surface area contributed by atoms with E-state index in [0.717, 1.165) is 22.9 Å².